The Morgan fingerprint density at radius 1 is 1.44 bits per heavy atom. The Labute approximate surface area is 132 Å². The van der Waals surface area contributed by atoms with Gasteiger partial charge in [0.05, 0.1) is 18.5 Å². The largest absolute Gasteiger partial charge is 0.314 e. The maximum atomic E-state index is 8.95. The number of nitrogens with one attached hydrogen (secondary N) is 1. The molecule has 1 aromatic heterocycles. The van der Waals surface area contributed by atoms with Crippen LogP contribution >= 0.6 is 52.1 Å². The molecule has 0 unspecified atom stereocenters. The van der Waals surface area contributed by atoms with E-state index in [2.05, 4.69) is 43.7 Å². The van der Waals surface area contributed by atoms with Crippen LogP contribution in [0.3, 0.4) is 0 Å². The van der Waals surface area contributed by atoms with Crippen molar-refractivity contribution < 1.29 is 0 Å². The SMILES string of the molecule is Cl.Cl.N#CC[C@@H](c1sccc1Br)N1CCNCC1. The lowest BCUT2D eigenvalue weighted by Gasteiger charge is -2.33. The number of rotatable bonds is 3. The first-order chi connectivity index (χ1) is 7.83. The molecular weight excluding hydrogens is 357 g/mol. The Hall–Kier alpha value is 0.170. The molecule has 1 aliphatic heterocycles. The summed E-state index contributed by atoms with van der Waals surface area (Å²) in [6.07, 6.45) is 0.569. The lowest BCUT2D eigenvalue weighted by Crippen LogP contribution is -2.45. The number of hydrogen-bond acceptors (Lipinski definition) is 4. The topological polar surface area (TPSA) is 39.1 Å². The second kappa shape index (κ2) is 9.13. The van der Waals surface area contributed by atoms with Crippen molar-refractivity contribution in [2.75, 3.05) is 26.2 Å². The van der Waals surface area contributed by atoms with E-state index < -0.39 is 0 Å². The molecule has 0 saturated carbocycles. The molecule has 1 saturated heterocycles. The maximum absolute atomic E-state index is 8.95. The van der Waals surface area contributed by atoms with Gasteiger partial charge in [-0.05, 0) is 27.4 Å². The fourth-order valence-electron chi connectivity index (χ4n) is 2.01. The lowest BCUT2D eigenvalue weighted by molar-refractivity contribution is 0.177. The predicted octanol–water partition coefficient (Wildman–Crippen LogP) is 3.21. The van der Waals surface area contributed by atoms with Crippen LogP contribution < -0.4 is 5.32 Å². The minimum Gasteiger partial charge on any atom is -0.314 e. The van der Waals surface area contributed by atoms with Gasteiger partial charge >= 0.3 is 0 Å². The second-order valence-corrected chi connectivity index (χ2v) is 5.60. The van der Waals surface area contributed by atoms with Crippen molar-refractivity contribution in [1.82, 2.24) is 10.2 Å². The molecule has 1 atom stereocenters. The van der Waals surface area contributed by atoms with E-state index in [1.165, 1.54) is 4.88 Å². The zero-order chi connectivity index (χ0) is 11.4. The van der Waals surface area contributed by atoms with E-state index in [0.29, 0.717) is 6.42 Å². The summed E-state index contributed by atoms with van der Waals surface area (Å²) in [5.74, 6) is 0. The number of thiophene rings is 1. The molecule has 0 bridgehead atoms. The Morgan fingerprint density at radius 3 is 2.61 bits per heavy atom. The zero-order valence-corrected chi connectivity index (χ0v) is 13.8. The van der Waals surface area contributed by atoms with E-state index in [-0.39, 0.29) is 30.9 Å². The first kappa shape index (κ1) is 18.2. The third-order valence-corrected chi connectivity index (χ3v) is 4.80. The fourth-order valence-corrected chi connectivity index (χ4v) is 3.78. The minimum atomic E-state index is 0. The summed E-state index contributed by atoms with van der Waals surface area (Å²) in [5.41, 5.74) is 0. The molecule has 1 fully saturated rings. The average molecular weight is 373 g/mol. The smallest absolute Gasteiger partial charge is 0.0642 e. The fraction of sp³-hybridized carbons (Fsp3) is 0.545. The summed E-state index contributed by atoms with van der Waals surface area (Å²) in [7, 11) is 0. The van der Waals surface area contributed by atoms with Crippen molar-refractivity contribution in [3.63, 3.8) is 0 Å². The molecule has 1 aromatic rings. The van der Waals surface area contributed by atoms with Gasteiger partial charge in [0.2, 0.25) is 0 Å². The third kappa shape index (κ3) is 4.37. The number of hydrogen-bond donors (Lipinski definition) is 1. The monoisotopic (exact) mass is 371 g/mol. The molecule has 3 nitrogen and oxygen atoms in total. The number of nitriles is 1. The Bertz CT molecular complexity index is 388. The molecule has 2 heterocycles. The van der Waals surface area contributed by atoms with E-state index in [1.807, 2.05) is 0 Å². The summed E-state index contributed by atoms with van der Waals surface area (Å²) in [6, 6.07) is 4.62. The van der Waals surface area contributed by atoms with E-state index in [4.69, 9.17) is 5.26 Å². The van der Waals surface area contributed by atoms with Crippen LogP contribution in [0.15, 0.2) is 15.9 Å². The van der Waals surface area contributed by atoms with Crippen LogP contribution in [0.25, 0.3) is 0 Å². The summed E-state index contributed by atoms with van der Waals surface area (Å²) >= 11 is 5.29. The van der Waals surface area contributed by atoms with Gasteiger partial charge < -0.3 is 5.32 Å². The van der Waals surface area contributed by atoms with Gasteiger partial charge in [0.25, 0.3) is 0 Å². The summed E-state index contributed by atoms with van der Waals surface area (Å²) in [6.45, 7) is 4.09. The molecule has 0 radical (unpaired) electrons. The molecule has 7 heteroatoms. The summed E-state index contributed by atoms with van der Waals surface area (Å²) < 4.78 is 1.14. The Kier molecular flexibility index (Phi) is 9.22. The summed E-state index contributed by atoms with van der Waals surface area (Å²) in [5, 5.41) is 14.4. The standard InChI is InChI=1S/C11H14BrN3S.2ClH/c12-9-2-8-16-11(9)10(1-3-13)15-6-4-14-5-7-15;;/h2,8,10,14H,1,4-7H2;2*1H/t10-;;/m0../s1. The Morgan fingerprint density at radius 2 is 2.11 bits per heavy atom. The molecule has 0 amide bonds. The number of piperazine rings is 1. The number of halogens is 3. The molecule has 102 valence electrons. The van der Waals surface area contributed by atoms with Crippen LogP contribution in [-0.2, 0) is 0 Å². The highest BCUT2D eigenvalue weighted by Crippen LogP contribution is 2.34. The first-order valence-corrected chi connectivity index (χ1v) is 7.05. The van der Waals surface area contributed by atoms with Crippen molar-refractivity contribution in [3.8, 4) is 6.07 Å². The van der Waals surface area contributed by atoms with Crippen molar-refractivity contribution in [2.45, 2.75) is 12.5 Å². The second-order valence-electron chi connectivity index (χ2n) is 3.80. The van der Waals surface area contributed by atoms with Crippen molar-refractivity contribution in [3.05, 3.63) is 20.8 Å². The van der Waals surface area contributed by atoms with Gasteiger partial charge in [0.15, 0.2) is 0 Å². The van der Waals surface area contributed by atoms with Crippen LogP contribution in [0, 0.1) is 11.3 Å². The van der Waals surface area contributed by atoms with Gasteiger partial charge in [-0.1, -0.05) is 0 Å². The van der Waals surface area contributed by atoms with Crippen molar-refractivity contribution in [1.29, 1.82) is 5.26 Å². The highest BCUT2D eigenvalue weighted by Gasteiger charge is 2.24. The molecule has 0 spiro atoms. The van der Waals surface area contributed by atoms with Crippen molar-refractivity contribution >= 4 is 52.1 Å². The molecule has 2 rings (SSSR count). The minimum absolute atomic E-state index is 0. The van der Waals surface area contributed by atoms with E-state index in [1.54, 1.807) is 11.3 Å². The Balaban J connectivity index is 0.00000144. The molecule has 0 aliphatic carbocycles. The quantitative estimate of drug-likeness (QED) is 0.885. The van der Waals surface area contributed by atoms with Gasteiger partial charge in [-0.2, -0.15) is 5.26 Å². The first-order valence-electron chi connectivity index (χ1n) is 5.37. The van der Waals surface area contributed by atoms with Gasteiger partial charge in [0, 0.05) is 35.5 Å². The normalized spacial score (nSPS) is 17.1. The highest BCUT2D eigenvalue weighted by atomic mass is 79.9. The third-order valence-electron chi connectivity index (χ3n) is 2.82. The van der Waals surface area contributed by atoms with Crippen LogP contribution in [0.4, 0.5) is 0 Å². The highest BCUT2D eigenvalue weighted by molar-refractivity contribution is 9.10. The molecule has 1 N–H and O–H groups in total. The van der Waals surface area contributed by atoms with Gasteiger partial charge in [-0.25, -0.2) is 0 Å². The predicted molar refractivity (Wildman–Crippen MR) is 83.9 cm³/mol. The maximum Gasteiger partial charge on any atom is 0.0642 e. The van der Waals surface area contributed by atoms with Crippen LogP contribution in [0.2, 0.25) is 0 Å². The number of nitrogens with zero attached hydrogens (tertiary/aromatic N) is 2. The van der Waals surface area contributed by atoms with Gasteiger partial charge in [-0.15, -0.1) is 36.2 Å². The zero-order valence-electron chi connectivity index (χ0n) is 9.76. The lowest BCUT2D eigenvalue weighted by atomic mass is 10.1. The van der Waals surface area contributed by atoms with Crippen LogP contribution in [0.1, 0.15) is 17.3 Å². The van der Waals surface area contributed by atoms with E-state index in [9.17, 15) is 0 Å². The van der Waals surface area contributed by atoms with Crippen LogP contribution in [-0.4, -0.2) is 31.1 Å². The molecular formula is C11H16BrCl2N3S. The molecule has 18 heavy (non-hydrogen) atoms. The van der Waals surface area contributed by atoms with Crippen LogP contribution in [0.5, 0.6) is 0 Å². The van der Waals surface area contributed by atoms with E-state index >= 15 is 0 Å². The van der Waals surface area contributed by atoms with Gasteiger partial charge in [0.1, 0.15) is 0 Å². The van der Waals surface area contributed by atoms with Crippen molar-refractivity contribution in [2.24, 2.45) is 0 Å². The van der Waals surface area contributed by atoms with Gasteiger partial charge in [-0.3, -0.25) is 4.90 Å². The average Bonchev–Trinajstić information content (AvgIpc) is 2.73. The molecule has 0 aromatic carbocycles. The molecule has 1 aliphatic rings. The van der Waals surface area contributed by atoms with E-state index in [0.717, 1.165) is 30.7 Å². The summed E-state index contributed by atoms with van der Waals surface area (Å²) in [4.78, 5) is 3.68.